The zero-order valence-electron chi connectivity index (χ0n) is 70.8. The number of para-hydroxylation sites is 1. The lowest BCUT2D eigenvalue weighted by atomic mass is 9.91. The van der Waals surface area contributed by atoms with Gasteiger partial charge in [-0.05, 0) is 143 Å². The fourth-order valence-electron chi connectivity index (χ4n) is 13.4. The van der Waals surface area contributed by atoms with E-state index in [-0.39, 0.29) is 0 Å². The van der Waals surface area contributed by atoms with Crippen LogP contribution in [0, 0.1) is 96.9 Å². The highest BCUT2D eigenvalue weighted by Crippen LogP contribution is 2.37. The van der Waals surface area contributed by atoms with Crippen molar-refractivity contribution in [1.29, 1.82) is 0 Å². The van der Waals surface area contributed by atoms with E-state index in [0.29, 0.717) is 0 Å². The summed E-state index contributed by atoms with van der Waals surface area (Å²) in [6.07, 6.45) is 11.8. The van der Waals surface area contributed by atoms with Crippen LogP contribution in [0.5, 0.6) is 0 Å². The smallest absolute Gasteiger partial charge is 0.294 e. The van der Waals surface area contributed by atoms with Crippen LogP contribution in [0.2, 0.25) is 0 Å². The number of hydrogen-bond acceptors (Lipinski definition) is 5. The van der Waals surface area contributed by atoms with Crippen LogP contribution >= 0.6 is 0 Å². The summed E-state index contributed by atoms with van der Waals surface area (Å²) in [6, 6.07) is 32.4. The molecule has 14 aromatic rings. The third-order valence-corrected chi connectivity index (χ3v) is 19.3. The van der Waals surface area contributed by atoms with E-state index in [1.165, 1.54) is 128 Å². The minimum atomic E-state index is 0.996. The SMILES string of the molecule is CC.CC.CC.CC.CC.CC.Cc1c(C)c(C)c2c(c1C)c1cccc(C)c1c1n(C)c(C)c[n+]21.Cc1cc2c(cc1-c1n(C)c(C)c[n+]1C)c1ccccc1n2C.Cc1ccccc1-c1n(C)nc(C)[n+]1C.Cc1ccncc1-c1n(C)nc(C)[n+]1C.Cc1cnccc1-c1n(C)nc(C)[n+]1C. The summed E-state index contributed by atoms with van der Waals surface area (Å²) in [5.41, 5.74) is 24.5. The largest absolute Gasteiger partial charge is 0.344 e. The molecular formula is C88H129N16+5. The normalized spacial score (nSPS) is 10.3. The average molecular weight is 1410 g/mol. The lowest BCUT2D eigenvalue weighted by molar-refractivity contribution is -0.667. The second-order valence-electron chi connectivity index (χ2n) is 25.1. The van der Waals surface area contributed by atoms with Crippen molar-refractivity contribution in [3.05, 3.63) is 207 Å². The van der Waals surface area contributed by atoms with Crippen LogP contribution in [0.1, 0.15) is 162 Å². The Kier molecular flexibility index (Phi) is 32.5. The van der Waals surface area contributed by atoms with E-state index in [1.807, 2.05) is 197 Å². The Labute approximate surface area is 624 Å². The zero-order chi connectivity index (χ0) is 78.6. The average Bonchev–Trinajstić information content (AvgIpc) is 1.30. The van der Waals surface area contributed by atoms with Crippen molar-refractivity contribution >= 4 is 49.1 Å². The topological polar surface area (TPSA) is 114 Å². The van der Waals surface area contributed by atoms with Gasteiger partial charge in [0.2, 0.25) is 0 Å². The first-order valence-corrected chi connectivity index (χ1v) is 37.5. The molecule has 14 rings (SSSR count). The Morgan fingerprint density at radius 3 is 1.28 bits per heavy atom. The molecule has 0 unspecified atom stereocenters. The molecule has 0 N–H and O–H groups in total. The van der Waals surface area contributed by atoms with Gasteiger partial charge in [-0.25, -0.2) is 27.4 Å². The lowest BCUT2D eigenvalue weighted by Crippen LogP contribution is -2.32. The number of fused-ring (bicyclic) bond motifs is 9. The summed E-state index contributed by atoms with van der Waals surface area (Å²) < 4.78 is 23.5. The molecule has 5 aromatic carbocycles. The third-order valence-electron chi connectivity index (χ3n) is 19.3. The predicted molar refractivity (Wildman–Crippen MR) is 439 cm³/mol. The van der Waals surface area contributed by atoms with Crippen LogP contribution in [0.25, 0.3) is 94.7 Å². The number of rotatable bonds is 4. The van der Waals surface area contributed by atoms with E-state index in [4.69, 9.17) is 0 Å². The molecule has 16 heteroatoms. The highest BCUT2D eigenvalue weighted by molar-refractivity contribution is 6.13. The molecule has 556 valence electrons. The van der Waals surface area contributed by atoms with Gasteiger partial charge in [-0.3, -0.25) is 9.97 Å². The van der Waals surface area contributed by atoms with Gasteiger partial charge in [0.25, 0.3) is 46.4 Å². The standard InChI is InChI=1S/C22H25N2.C20H22N3.C12H16N3.2C11H15N4.6C2H6/c1-12-9-8-10-18-19(12)22-23(7)13(2)11-24(22)21-17(6)15(4)14(3)16(5)20(18)21;1-13-10-19-17(15-8-6-7-9-18(15)23(19)5)11-16(13)20-21(3)12-14(2)22(20)4;1-9-7-5-6-8-11(9)12-14(3)10(2)13-15(12)4;1-8-7-12-6-5-10(8)11-14(3)9(2)13-15(11)4;1-8-5-6-12-7-10(8)11-14(3)9(2)13-15(11)4;6*1-2/h8-11H,1-7H3;6-12H,1-5H3;5-8H,1-4H3;2*5-7H,1-4H3;6*1-2H3/q5*+1;;;;;;. The molecule has 16 nitrogen and oxygen atoms in total. The minimum absolute atomic E-state index is 0.996. The molecule has 0 radical (unpaired) electrons. The molecule has 0 atom stereocenters. The summed E-state index contributed by atoms with van der Waals surface area (Å²) in [6.45, 7) is 54.1. The fourth-order valence-corrected chi connectivity index (χ4v) is 13.4. The summed E-state index contributed by atoms with van der Waals surface area (Å²) in [4.78, 5) is 8.26. The van der Waals surface area contributed by atoms with Gasteiger partial charge in [0.1, 0.15) is 29.3 Å². The van der Waals surface area contributed by atoms with Crippen molar-refractivity contribution in [2.75, 3.05) is 0 Å². The summed E-state index contributed by atoms with van der Waals surface area (Å²) in [7, 11) is 20.6. The van der Waals surface area contributed by atoms with Gasteiger partial charge in [-0.2, -0.15) is 4.40 Å². The number of benzene rings is 5. The van der Waals surface area contributed by atoms with E-state index in [9.17, 15) is 0 Å². The van der Waals surface area contributed by atoms with Gasteiger partial charge < -0.3 is 4.57 Å². The van der Waals surface area contributed by atoms with Gasteiger partial charge in [-0.1, -0.05) is 138 Å². The molecule has 104 heavy (non-hydrogen) atoms. The van der Waals surface area contributed by atoms with Gasteiger partial charge in [0, 0.05) is 120 Å². The number of hydrogen-bond donors (Lipinski definition) is 0. The van der Waals surface area contributed by atoms with E-state index in [1.54, 1.807) is 0 Å². The summed E-state index contributed by atoms with van der Waals surface area (Å²) in [5.74, 6) is 7.60. The number of nitrogens with zero attached hydrogens (tertiary/aromatic N) is 16. The van der Waals surface area contributed by atoms with Crippen molar-refractivity contribution in [3.8, 4) is 45.6 Å². The number of aryl methyl sites for hydroxylation is 18. The van der Waals surface area contributed by atoms with Gasteiger partial charge in [0.15, 0.2) is 0 Å². The lowest BCUT2D eigenvalue weighted by Gasteiger charge is -2.15. The first kappa shape index (κ1) is 86.4. The number of pyridine rings is 3. The molecule has 0 aliphatic rings. The fraction of sp³-hybridized carbons (Fsp3) is 0.409. The Morgan fingerprint density at radius 1 is 0.327 bits per heavy atom. The van der Waals surface area contributed by atoms with Gasteiger partial charge >= 0.3 is 0 Å². The molecule has 0 spiro atoms. The molecule has 9 aromatic heterocycles. The number of aromatic nitrogens is 16. The molecule has 0 bridgehead atoms. The highest BCUT2D eigenvalue weighted by atomic mass is 15.4. The molecule has 0 aliphatic heterocycles. The maximum atomic E-state index is 4.41. The summed E-state index contributed by atoms with van der Waals surface area (Å²) in [5, 5.41) is 20.0. The van der Waals surface area contributed by atoms with Crippen molar-refractivity contribution in [3.63, 3.8) is 0 Å². The van der Waals surface area contributed by atoms with Crippen LogP contribution in [-0.2, 0) is 70.5 Å². The minimum Gasteiger partial charge on any atom is -0.344 e. The molecule has 0 amide bonds. The van der Waals surface area contributed by atoms with Gasteiger partial charge in [0.05, 0.1) is 91.1 Å². The monoisotopic (exact) mass is 1410 g/mol. The highest BCUT2D eigenvalue weighted by Gasteiger charge is 2.27. The maximum absolute atomic E-state index is 4.41. The second-order valence-corrected chi connectivity index (χ2v) is 25.1. The zero-order valence-corrected chi connectivity index (χ0v) is 70.8. The molecular weight excluding hydrogens is 1280 g/mol. The first-order valence-electron chi connectivity index (χ1n) is 37.5. The predicted octanol–water partition coefficient (Wildman–Crippen LogP) is 18.2. The number of imidazole rings is 2. The van der Waals surface area contributed by atoms with Crippen molar-refractivity contribution in [2.45, 2.75) is 180 Å². The molecule has 0 saturated heterocycles. The Hall–Kier alpha value is -9.96. The van der Waals surface area contributed by atoms with Crippen molar-refractivity contribution in [1.82, 2.24) is 53.0 Å². The molecule has 0 aliphatic carbocycles. The van der Waals surface area contributed by atoms with E-state index >= 15 is 0 Å². The van der Waals surface area contributed by atoms with Crippen LogP contribution in [0.15, 0.2) is 128 Å². The van der Waals surface area contributed by atoms with Crippen molar-refractivity contribution < 1.29 is 22.7 Å². The summed E-state index contributed by atoms with van der Waals surface area (Å²) >= 11 is 0. The van der Waals surface area contributed by atoms with Crippen LogP contribution in [-0.4, -0.2) is 53.0 Å². The molecule has 0 saturated carbocycles. The van der Waals surface area contributed by atoms with Gasteiger partial charge in [-0.15, -0.1) is 14.0 Å². The van der Waals surface area contributed by atoms with E-state index in [0.717, 1.165) is 46.1 Å². The van der Waals surface area contributed by atoms with Crippen LogP contribution < -0.4 is 22.7 Å². The van der Waals surface area contributed by atoms with E-state index < -0.39 is 0 Å². The molecule has 0 fully saturated rings. The van der Waals surface area contributed by atoms with Crippen LogP contribution in [0.4, 0.5) is 0 Å². The Bertz CT molecular complexity index is 4950. The quantitative estimate of drug-likeness (QED) is 0.129. The maximum Gasteiger partial charge on any atom is 0.294 e. The first-order chi connectivity index (χ1) is 49.7. The third kappa shape index (κ3) is 17.6. The second kappa shape index (κ2) is 39.1. The Balaban J connectivity index is 0.000000269. The molecule has 9 heterocycles. The Morgan fingerprint density at radius 2 is 0.779 bits per heavy atom. The van der Waals surface area contributed by atoms with E-state index in [2.05, 4.69) is 257 Å². The van der Waals surface area contributed by atoms with Crippen molar-refractivity contribution in [2.24, 2.45) is 70.5 Å². The van der Waals surface area contributed by atoms with Crippen LogP contribution in [0.3, 0.4) is 0 Å².